The fourth-order valence-electron chi connectivity index (χ4n) is 2.53. The zero-order valence-corrected chi connectivity index (χ0v) is 18.7. The van der Waals surface area contributed by atoms with Crippen LogP contribution in [-0.4, -0.2) is 57.4 Å². The average molecular weight is 498 g/mol. The summed E-state index contributed by atoms with van der Waals surface area (Å²) >= 11 is 1.78. The van der Waals surface area contributed by atoms with E-state index in [9.17, 15) is 8.42 Å². The number of sulfonamides is 1. The molecule has 142 valence electrons. The molecule has 0 bridgehead atoms. The third-order valence-electron chi connectivity index (χ3n) is 3.91. The van der Waals surface area contributed by atoms with E-state index in [-0.39, 0.29) is 24.0 Å². The van der Waals surface area contributed by atoms with Crippen molar-refractivity contribution in [2.24, 2.45) is 4.99 Å². The summed E-state index contributed by atoms with van der Waals surface area (Å²) in [6.07, 6.45) is 3.96. The Hall–Kier alpha value is -0.520. The molecule has 0 amide bonds. The molecule has 0 unspecified atom stereocenters. The second kappa shape index (κ2) is 11.2. The van der Waals surface area contributed by atoms with Crippen LogP contribution in [0.25, 0.3) is 0 Å². The minimum atomic E-state index is -3.33. The van der Waals surface area contributed by atoms with E-state index in [2.05, 4.69) is 21.9 Å². The predicted molar refractivity (Wildman–Crippen MR) is 116 cm³/mol. The number of hydrogen-bond acceptors (Lipinski definition) is 4. The molecule has 25 heavy (non-hydrogen) atoms. The van der Waals surface area contributed by atoms with Gasteiger partial charge in [-0.15, -0.1) is 24.0 Å². The van der Waals surface area contributed by atoms with Crippen LogP contribution >= 0.6 is 35.7 Å². The Labute approximate surface area is 172 Å². The summed E-state index contributed by atoms with van der Waals surface area (Å²) in [4.78, 5) is 4.54. The largest absolute Gasteiger partial charge is 0.356 e. The Morgan fingerprint density at radius 2 is 1.84 bits per heavy atom. The minimum Gasteiger partial charge on any atom is -0.356 e. The number of guanidine groups is 1. The van der Waals surface area contributed by atoms with Crippen LogP contribution in [0.1, 0.15) is 18.4 Å². The molecule has 6 nitrogen and oxygen atoms in total. The normalized spacial score (nSPS) is 15.7. The first kappa shape index (κ1) is 22.5. The lowest BCUT2D eigenvalue weighted by molar-refractivity contribution is 0.477. The van der Waals surface area contributed by atoms with Crippen LogP contribution in [-0.2, 0) is 16.6 Å². The Morgan fingerprint density at radius 3 is 2.40 bits per heavy atom. The van der Waals surface area contributed by atoms with Gasteiger partial charge in [-0.25, -0.2) is 8.42 Å². The van der Waals surface area contributed by atoms with Gasteiger partial charge in [0.25, 0.3) is 0 Å². The number of rotatable bonds is 7. The van der Waals surface area contributed by atoms with Crippen LogP contribution in [0.15, 0.2) is 34.2 Å². The molecule has 9 heteroatoms. The Kier molecular flexibility index (Phi) is 10.1. The van der Waals surface area contributed by atoms with Crippen LogP contribution < -0.4 is 10.6 Å². The molecule has 0 saturated carbocycles. The van der Waals surface area contributed by atoms with Gasteiger partial charge in [-0.3, -0.25) is 4.99 Å². The lowest BCUT2D eigenvalue weighted by atomic mass is 10.2. The zero-order valence-electron chi connectivity index (χ0n) is 14.7. The molecule has 2 N–H and O–H groups in total. The van der Waals surface area contributed by atoms with Crippen LogP contribution in [0.4, 0.5) is 0 Å². The van der Waals surface area contributed by atoms with Crippen molar-refractivity contribution >= 4 is 51.7 Å². The van der Waals surface area contributed by atoms with Crippen molar-refractivity contribution in [1.29, 1.82) is 0 Å². The number of hydrogen-bond donors (Lipinski definition) is 2. The summed E-state index contributed by atoms with van der Waals surface area (Å²) < 4.78 is 26.5. The average Bonchev–Trinajstić information content (AvgIpc) is 3.14. The molecule has 0 atom stereocenters. The van der Waals surface area contributed by atoms with E-state index in [0.717, 1.165) is 36.7 Å². The maximum atomic E-state index is 12.5. The van der Waals surface area contributed by atoms with Gasteiger partial charge in [-0.2, -0.15) is 16.1 Å². The molecule has 1 aromatic carbocycles. The molecule has 0 aromatic heterocycles. The van der Waals surface area contributed by atoms with Gasteiger partial charge >= 0.3 is 0 Å². The molecule has 1 aliphatic heterocycles. The summed E-state index contributed by atoms with van der Waals surface area (Å²) in [5.74, 6) is 1.77. The summed E-state index contributed by atoms with van der Waals surface area (Å²) in [6.45, 7) is 2.71. The molecular formula is C16H27IN4O2S2. The van der Waals surface area contributed by atoms with Gasteiger partial charge < -0.3 is 10.6 Å². The van der Waals surface area contributed by atoms with Gasteiger partial charge in [0, 0.05) is 39.0 Å². The molecular weight excluding hydrogens is 471 g/mol. The topological polar surface area (TPSA) is 73.8 Å². The first-order chi connectivity index (χ1) is 11.6. The molecule has 0 spiro atoms. The summed E-state index contributed by atoms with van der Waals surface area (Å²) in [5.41, 5.74) is 1.02. The lowest BCUT2D eigenvalue weighted by Crippen LogP contribution is -2.37. The van der Waals surface area contributed by atoms with Gasteiger partial charge in [0.15, 0.2) is 5.96 Å². The number of nitrogens with zero attached hydrogens (tertiary/aromatic N) is 2. The van der Waals surface area contributed by atoms with Crippen molar-refractivity contribution in [3.05, 3.63) is 29.8 Å². The van der Waals surface area contributed by atoms with Gasteiger partial charge in [-0.1, -0.05) is 12.1 Å². The third kappa shape index (κ3) is 6.61. The highest BCUT2D eigenvalue weighted by Gasteiger charge is 2.26. The van der Waals surface area contributed by atoms with E-state index >= 15 is 0 Å². The molecule has 1 heterocycles. The van der Waals surface area contributed by atoms with E-state index in [1.807, 2.05) is 12.1 Å². The van der Waals surface area contributed by atoms with Crippen LogP contribution in [0.3, 0.4) is 0 Å². The highest BCUT2D eigenvalue weighted by molar-refractivity contribution is 14.0. The van der Waals surface area contributed by atoms with Crippen LogP contribution in [0.5, 0.6) is 0 Å². The molecule has 1 aliphatic rings. The Balaban J connectivity index is 0.00000312. The first-order valence-electron chi connectivity index (χ1n) is 8.10. The van der Waals surface area contributed by atoms with Crippen molar-refractivity contribution in [2.75, 3.05) is 38.7 Å². The third-order valence-corrected chi connectivity index (χ3v) is 6.43. The summed E-state index contributed by atoms with van der Waals surface area (Å²) in [7, 11) is -1.60. The molecule has 2 rings (SSSR count). The molecule has 1 fully saturated rings. The summed E-state index contributed by atoms with van der Waals surface area (Å²) in [5, 5.41) is 6.46. The number of aliphatic imine (C=N–C) groups is 1. The van der Waals surface area contributed by atoms with Crippen molar-refractivity contribution in [2.45, 2.75) is 24.3 Å². The number of thioether (sulfide) groups is 1. The predicted octanol–water partition coefficient (Wildman–Crippen LogP) is 2.12. The fraction of sp³-hybridized carbons (Fsp3) is 0.562. The molecule has 0 aliphatic carbocycles. The maximum absolute atomic E-state index is 12.5. The van der Waals surface area contributed by atoms with Crippen molar-refractivity contribution in [3.8, 4) is 0 Å². The molecule has 1 saturated heterocycles. The standard InChI is InChI=1S/C16H26N4O2S2.HI/c1-17-16(18-9-12-23-2)19-13-14-5-7-15(8-6-14)24(21,22)20-10-3-4-11-20;/h5-8H,3-4,9-13H2,1-2H3,(H2,17,18,19);1H. The van der Waals surface area contributed by atoms with Crippen molar-refractivity contribution < 1.29 is 8.42 Å². The SMILES string of the molecule is CN=C(NCCSC)NCc1ccc(S(=O)(=O)N2CCCC2)cc1.I. The second-order valence-corrected chi connectivity index (χ2v) is 8.52. The van der Waals surface area contributed by atoms with E-state index in [1.54, 1.807) is 35.2 Å². The second-order valence-electron chi connectivity index (χ2n) is 5.60. The van der Waals surface area contributed by atoms with E-state index < -0.39 is 10.0 Å². The van der Waals surface area contributed by atoms with Gasteiger partial charge in [0.2, 0.25) is 10.0 Å². The number of nitrogens with one attached hydrogen (secondary N) is 2. The minimum absolute atomic E-state index is 0. The van der Waals surface area contributed by atoms with Crippen molar-refractivity contribution in [1.82, 2.24) is 14.9 Å². The van der Waals surface area contributed by atoms with E-state index in [4.69, 9.17) is 0 Å². The number of halogens is 1. The van der Waals surface area contributed by atoms with Gasteiger partial charge in [0.1, 0.15) is 0 Å². The Bertz CT molecular complexity index is 645. The number of benzene rings is 1. The lowest BCUT2D eigenvalue weighted by Gasteiger charge is -2.16. The first-order valence-corrected chi connectivity index (χ1v) is 10.9. The highest BCUT2D eigenvalue weighted by atomic mass is 127. The van der Waals surface area contributed by atoms with Gasteiger partial charge in [0.05, 0.1) is 4.90 Å². The fourth-order valence-corrected chi connectivity index (χ4v) is 4.36. The van der Waals surface area contributed by atoms with Crippen LogP contribution in [0, 0.1) is 0 Å². The summed E-state index contributed by atoms with van der Waals surface area (Å²) in [6, 6.07) is 7.08. The zero-order chi connectivity index (χ0) is 17.4. The molecule has 1 aromatic rings. The highest BCUT2D eigenvalue weighted by Crippen LogP contribution is 2.20. The van der Waals surface area contributed by atoms with Crippen molar-refractivity contribution in [3.63, 3.8) is 0 Å². The quantitative estimate of drug-likeness (QED) is 0.261. The Morgan fingerprint density at radius 1 is 1.20 bits per heavy atom. The smallest absolute Gasteiger partial charge is 0.243 e. The monoisotopic (exact) mass is 498 g/mol. The van der Waals surface area contributed by atoms with E-state index in [1.165, 1.54) is 0 Å². The van der Waals surface area contributed by atoms with Gasteiger partial charge in [-0.05, 0) is 36.8 Å². The van der Waals surface area contributed by atoms with Crippen LogP contribution in [0.2, 0.25) is 0 Å². The maximum Gasteiger partial charge on any atom is 0.243 e. The molecule has 0 radical (unpaired) electrons. The van der Waals surface area contributed by atoms with E-state index in [0.29, 0.717) is 24.5 Å².